The second-order valence-electron chi connectivity index (χ2n) is 2.23. The number of nitrogens with two attached hydrogens (primary N) is 1. The Morgan fingerprint density at radius 3 is 2.83 bits per heavy atom. The molecule has 0 radical (unpaired) electrons. The number of hydrogen-bond acceptors (Lipinski definition) is 5. The lowest BCUT2D eigenvalue weighted by Crippen LogP contribution is -2.13. The quantitative estimate of drug-likeness (QED) is 0.593. The van der Waals surface area contributed by atoms with Gasteiger partial charge < -0.3 is 5.73 Å². The van der Waals surface area contributed by atoms with Gasteiger partial charge in [-0.1, -0.05) is 11.8 Å². The number of aryl methyl sites for hydroxylation is 1. The highest BCUT2D eigenvalue weighted by molar-refractivity contribution is 8.00. The molecular formula is C7H10N2OS2. The van der Waals surface area contributed by atoms with E-state index in [9.17, 15) is 4.79 Å². The highest BCUT2D eigenvalue weighted by Crippen LogP contribution is 2.25. The minimum absolute atomic E-state index is 0.0229. The fourth-order valence-corrected chi connectivity index (χ4v) is 2.37. The average molecular weight is 202 g/mol. The van der Waals surface area contributed by atoms with E-state index in [1.54, 1.807) is 11.8 Å². The third kappa shape index (κ3) is 1.85. The molecule has 1 rings (SSSR count). The summed E-state index contributed by atoms with van der Waals surface area (Å²) in [4.78, 5) is 16.1. The van der Waals surface area contributed by atoms with E-state index in [-0.39, 0.29) is 12.3 Å². The zero-order valence-electron chi connectivity index (χ0n) is 6.96. The van der Waals surface area contributed by atoms with Crippen molar-refractivity contribution in [2.75, 3.05) is 12.8 Å². The molecule has 2 N–H and O–H groups in total. The van der Waals surface area contributed by atoms with Gasteiger partial charge in [0.25, 0.3) is 0 Å². The molecular weight excluding hydrogens is 192 g/mol. The minimum Gasteiger partial charge on any atom is -0.324 e. The first-order valence-electron chi connectivity index (χ1n) is 3.43. The Hall–Kier alpha value is -0.390. The zero-order chi connectivity index (χ0) is 9.14. The van der Waals surface area contributed by atoms with Crippen LogP contribution < -0.4 is 5.73 Å². The SMILES string of the molecule is CSc1nc(C)c(C(=O)CN)s1. The number of hydrogen-bond donors (Lipinski definition) is 1. The van der Waals surface area contributed by atoms with Gasteiger partial charge in [-0.05, 0) is 13.2 Å². The molecule has 66 valence electrons. The summed E-state index contributed by atoms with van der Waals surface area (Å²) in [5.74, 6) is -0.0229. The van der Waals surface area contributed by atoms with Crippen LogP contribution in [0, 0.1) is 6.92 Å². The topological polar surface area (TPSA) is 56.0 Å². The molecule has 0 unspecified atom stereocenters. The number of carbonyl (C=O) groups is 1. The van der Waals surface area contributed by atoms with Gasteiger partial charge in [0.2, 0.25) is 0 Å². The van der Waals surface area contributed by atoms with E-state index in [1.807, 2.05) is 13.2 Å². The number of aromatic nitrogens is 1. The monoisotopic (exact) mass is 202 g/mol. The average Bonchev–Trinajstić information content (AvgIpc) is 2.45. The van der Waals surface area contributed by atoms with Crippen molar-refractivity contribution in [2.24, 2.45) is 5.73 Å². The van der Waals surface area contributed by atoms with E-state index in [2.05, 4.69) is 4.98 Å². The molecule has 0 aromatic carbocycles. The normalized spacial score (nSPS) is 10.2. The second kappa shape index (κ2) is 4.02. The molecule has 0 bridgehead atoms. The lowest BCUT2D eigenvalue weighted by atomic mass is 10.3. The largest absolute Gasteiger partial charge is 0.324 e. The van der Waals surface area contributed by atoms with Gasteiger partial charge in [0.1, 0.15) is 0 Å². The maximum atomic E-state index is 11.2. The lowest BCUT2D eigenvalue weighted by molar-refractivity contribution is 0.100. The van der Waals surface area contributed by atoms with E-state index in [1.165, 1.54) is 11.3 Å². The molecule has 0 fully saturated rings. The molecule has 0 aliphatic carbocycles. The predicted octanol–water partition coefficient (Wildman–Crippen LogP) is 1.31. The molecule has 0 atom stereocenters. The molecule has 1 aromatic rings. The van der Waals surface area contributed by atoms with Crippen molar-refractivity contribution in [2.45, 2.75) is 11.3 Å². The van der Waals surface area contributed by atoms with Crippen molar-refractivity contribution in [1.82, 2.24) is 4.98 Å². The highest BCUT2D eigenvalue weighted by atomic mass is 32.2. The van der Waals surface area contributed by atoms with Crippen molar-refractivity contribution in [3.05, 3.63) is 10.6 Å². The summed E-state index contributed by atoms with van der Waals surface area (Å²) in [5, 5.41) is 0. The van der Waals surface area contributed by atoms with Crippen LogP contribution >= 0.6 is 23.1 Å². The molecule has 5 heteroatoms. The van der Waals surface area contributed by atoms with Crippen LogP contribution in [0.15, 0.2) is 4.34 Å². The Morgan fingerprint density at radius 2 is 2.42 bits per heavy atom. The molecule has 0 amide bonds. The highest BCUT2D eigenvalue weighted by Gasteiger charge is 2.12. The third-order valence-electron chi connectivity index (χ3n) is 1.39. The number of thiazole rings is 1. The molecule has 0 aliphatic rings. The van der Waals surface area contributed by atoms with Gasteiger partial charge in [-0.15, -0.1) is 11.3 Å². The van der Waals surface area contributed by atoms with Crippen LogP contribution in [-0.4, -0.2) is 23.6 Å². The minimum atomic E-state index is -0.0229. The molecule has 1 aromatic heterocycles. The van der Waals surface area contributed by atoms with Gasteiger partial charge in [0.05, 0.1) is 17.1 Å². The van der Waals surface area contributed by atoms with Crippen LogP contribution in [-0.2, 0) is 0 Å². The Labute approximate surface area is 79.4 Å². The van der Waals surface area contributed by atoms with Crippen LogP contribution in [0.25, 0.3) is 0 Å². The number of rotatable bonds is 3. The zero-order valence-corrected chi connectivity index (χ0v) is 8.59. The molecule has 12 heavy (non-hydrogen) atoms. The molecule has 0 spiro atoms. The number of carbonyl (C=O) groups excluding carboxylic acids is 1. The Bertz CT molecular complexity index is 296. The fraction of sp³-hybridized carbons (Fsp3) is 0.429. The van der Waals surface area contributed by atoms with Gasteiger partial charge in [-0.2, -0.15) is 0 Å². The smallest absolute Gasteiger partial charge is 0.188 e. The summed E-state index contributed by atoms with van der Waals surface area (Å²) in [6.45, 7) is 1.90. The molecule has 0 saturated carbocycles. The third-order valence-corrected chi connectivity index (χ3v) is 3.57. The van der Waals surface area contributed by atoms with Gasteiger partial charge >= 0.3 is 0 Å². The van der Waals surface area contributed by atoms with Gasteiger partial charge in [0, 0.05) is 0 Å². The van der Waals surface area contributed by atoms with Crippen molar-refractivity contribution < 1.29 is 4.79 Å². The first-order valence-corrected chi connectivity index (χ1v) is 5.48. The number of nitrogens with zero attached hydrogens (tertiary/aromatic N) is 1. The summed E-state index contributed by atoms with van der Waals surface area (Å²) in [6, 6.07) is 0. The van der Waals surface area contributed by atoms with Gasteiger partial charge in [0.15, 0.2) is 10.1 Å². The van der Waals surface area contributed by atoms with E-state index < -0.39 is 0 Å². The van der Waals surface area contributed by atoms with E-state index in [0.29, 0.717) is 4.88 Å². The van der Waals surface area contributed by atoms with Crippen LogP contribution in [0.1, 0.15) is 15.4 Å². The fourth-order valence-electron chi connectivity index (χ4n) is 0.810. The number of Topliss-reactive ketones (excluding diaryl/α,β-unsaturated/α-hetero) is 1. The molecule has 1 heterocycles. The Balaban J connectivity index is 2.99. The standard InChI is InChI=1S/C7H10N2OS2/c1-4-6(5(10)3-8)12-7(9-4)11-2/h3,8H2,1-2H3. The van der Waals surface area contributed by atoms with Crippen molar-refractivity contribution >= 4 is 28.9 Å². The summed E-state index contributed by atoms with van der Waals surface area (Å²) in [7, 11) is 0. The van der Waals surface area contributed by atoms with Crippen molar-refractivity contribution in [1.29, 1.82) is 0 Å². The van der Waals surface area contributed by atoms with Gasteiger partial charge in [-0.3, -0.25) is 4.79 Å². The molecule has 0 saturated heterocycles. The van der Waals surface area contributed by atoms with Crippen LogP contribution in [0.3, 0.4) is 0 Å². The Kier molecular flexibility index (Phi) is 3.25. The maximum absolute atomic E-state index is 11.2. The van der Waals surface area contributed by atoms with E-state index >= 15 is 0 Å². The molecule has 0 aliphatic heterocycles. The summed E-state index contributed by atoms with van der Waals surface area (Å²) in [5.41, 5.74) is 6.04. The first-order chi connectivity index (χ1) is 5.69. The summed E-state index contributed by atoms with van der Waals surface area (Å²) >= 11 is 2.96. The first kappa shape index (κ1) is 9.70. The predicted molar refractivity (Wildman–Crippen MR) is 52.0 cm³/mol. The number of ketones is 1. The van der Waals surface area contributed by atoms with E-state index in [4.69, 9.17) is 5.73 Å². The van der Waals surface area contributed by atoms with Crippen molar-refractivity contribution in [3.63, 3.8) is 0 Å². The van der Waals surface area contributed by atoms with Crippen LogP contribution in [0.5, 0.6) is 0 Å². The van der Waals surface area contributed by atoms with E-state index in [0.717, 1.165) is 10.0 Å². The maximum Gasteiger partial charge on any atom is 0.188 e. The second-order valence-corrected chi connectivity index (χ2v) is 4.28. The summed E-state index contributed by atoms with van der Waals surface area (Å²) < 4.78 is 0.921. The van der Waals surface area contributed by atoms with Crippen LogP contribution in [0.4, 0.5) is 0 Å². The van der Waals surface area contributed by atoms with Crippen molar-refractivity contribution in [3.8, 4) is 0 Å². The Morgan fingerprint density at radius 1 is 1.75 bits per heavy atom. The number of thioether (sulfide) groups is 1. The lowest BCUT2D eigenvalue weighted by Gasteiger charge is -1.90. The van der Waals surface area contributed by atoms with Crippen LogP contribution in [0.2, 0.25) is 0 Å². The summed E-state index contributed by atoms with van der Waals surface area (Å²) in [6.07, 6.45) is 1.94. The molecule has 3 nitrogen and oxygen atoms in total. The van der Waals surface area contributed by atoms with Gasteiger partial charge in [-0.25, -0.2) is 4.98 Å².